The first-order chi connectivity index (χ1) is 9.71. The molecule has 5 heteroatoms. The molecule has 0 amide bonds. The lowest BCUT2D eigenvalue weighted by atomic mass is 10.1. The van der Waals surface area contributed by atoms with Gasteiger partial charge in [0.15, 0.2) is 0 Å². The van der Waals surface area contributed by atoms with Gasteiger partial charge in [-0.25, -0.2) is 15.8 Å². The molecule has 0 radical (unpaired) electrons. The molecule has 1 fully saturated rings. The van der Waals surface area contributed by atoms with E-state index in [1.165, 1.54) is 25.7 Å². The Morgan fingerprint density at radius 1 is 1.25 bits per heavy atom. The van der Waals surface area contributed by atoms with Crippen molar-refractivity contribution in [2.45, 2.75) is 65.3 Å². The van der Waals surface area contributed by atoms with Gasteiger partial charge in [0.25, 0.3) is 0 Å². The second kappa shape index (κ2) is 6.88. The predicted molar refractivity (Wildman–Crippen MR) is 83.9 cm³/mol. The molecule has 1 saturated carbocycles. The number of hydrazine groups is 1. The van der Waals surface area contributed by atoms with Crippen molar-refractivity contribution in [3.63, 3.8) is 0 Å². The Hall–Kier alpha value is -1.36. The van der Waals surface area contributed by atoms with Gasteiger partial charge in [-0.2, -0.15) is 0 Å². The Balaban J connectivity index is 2.38. The summed E-state index contributed by atoms with van der Waals surface area (Å²) in [6.07, 6.45) is 7.13. The minimum atomic E-state index is 0.619. The molecule has 0 bridgehead atoms. The molecule has 20 heavy (non-hydrogen) atoms. The molecule has 112 valence electrons. The van der Waals surface area contributed by atoms with E-state index < -0.39 is 0 Å². The molecular weight excluding hydrogens is 250 g/mol. The lowest BCUT2D eigenvalue weighted by molar-refractivity contribution is 0.608. The van der Waals surface area contributed by atoms with Crippen molar-refractivity contribution in [1.82, 2.24) is 9.97 Å². The lowest BCUT2D eigenvalue weighted by Gasteiger charge is -2.30. The van der Waals surface area contributed by atoms with Crippen LogP contribution >= 0.6 is 0 Å². The molecule has 0 saturated heterocycles. The number of aromatic nitrogens is 2. The van der Waals surface area contributed by atoms with E-state index in [1.54, 1.807) is 0 Å². The fourth-order valence-electron chi connectivity index (χ4n) is 3.10. The maximum Gasteiger partial charge on any atom is 0.148 e. The van der Waals surface area contributed by atoms with Gasteiger partial charge < -0.3 is 10.3 Å². The first-order valence-electron chi connectivity index (χ1n) is 7.82. The van der Waals surface area contributed by atoms with E-state index in [9.17, 15) is 0 Å². The third-order valence-electron chi connectivity index (χ3n) is 4.15. The largest absolute Gasteiger partial charge is 0.354 e. The third-order valence-corrected chi connectivity index (χ3v) is 4.15. The van der Waals surface area contributed by atoms with Crippen LogP contribution in [0.25, 0.3) is 0 Å². The van der Waals surface area contributed by atoms with Gasteiger partial charge in [-0.05, 0) is 33.1 Å². The normalized spacial score (nSPS) is 15.6. The van der Waals surface area contributed by atoms with E-state index in [2.05, 4.69) is 36.1 Å². The van der Waals surface area contributed by atoms with Gasteiger partial charge >= 0.3 is 0 Å². The fraction of sp³-hybridized carbons (Fsp3) is 0.733. The van der Waals surface area contributed by atoms with Crippen LogP contribution in [-0.4, -0.2) is 22.6 Å². The highest BCUT2D eigenvalue weighted by molar-refractivity contribution is 5.58. The highest BCUT2D eigenvalue weighted by Crippen LogP contribution is 2.31. The standard InChI is InChI=1S/C15H27N5/c1-4-8-13-17-14(19-16)11(3)15(18-13)20(5-2)12-9-6-7-10-12/h12H,4-10,16H2,1-3H3,(H,17,18,19). The molecule has 0 aliphatic heterocycles. The van der Waals surface area contributed by atoms with Crippen LogP contribution in [0.15, 0.2) is 0 Å². The Morgan fingerprint density at radius 2 is 1.95 bits per heavy atom. The van der Waals surface area contributed by atoms with E-state index in [0.717, 1.165) is 42.4 Å². The molecular formula is C15H27N5. The van der Waals surface area contributed by atoms with Crippen LogP contribution in [0.3, 0.4) is 0 Å². The minimum absolute atomic E-state index is 0.619. The summed E-state index contributed by atoms with van der Waals surface area (Å²) in [6.45, 7) is 7.39. The average molecular weight is 277 g/mol. The van der Waals surface area contributed by atoms with Gasteiger partial charge in [0.1, 0.15) is 17.5 Å². The molecule has 1 heterocycles. The van der Waals surface area contributed by atoms with Crippen molar-refractivity contribution >= 4 is 11.6 Å². The second-order valence-electron chi connectivity index (χ2n) is 5.56. The van der Waals surface area contributed by atoms with Crippen molar-refractivity contribution in [2.75, 3.05) is 16.9 Å². The number of nitrogens with one attached hydrogen (secondary N) is 1. The maximum absolute atomic E-state index is 5.62. The summed E-state index contributed by atoms with van der Waals surface area (Å²) < 4.78 is 0. The summed E-state index contributed by atoms with van der Waals surface area (Å²) >= 11 is 0. The molecule has 0 unspecified atom stereocenters. The number of aryl methyl sites for hydroxylation is 1. The molecule has 0 aromatic carbocycles. The van der Waals surface area contributed by atoms with Gasteiger partial charge in [0.05, 0.1) is 0 Å². The Morgan fingerprint density at radius 3 is 2.50 bits per heavy atom. The molecule has 1 aliphatic carbocycles. The van der Waals surface area contributed by atoms with Crippen LogP contribution in [0.1, 0.15) is 57.3 Å². The number of anilines is 2. The summed E-state index contributed by atoms with van der Waals surface area (Å²) in [7, 11) is 0. The van der Waals surface area contributed by atoms with Crippen molar-refractivity contribution < 1.29 is 0 Å². The van der Waals surface area contributed by atoms with Crippen molar-refractivity contribution in [3.05, 3.63) is 11.4 Å². The number of hydrogen-bond acceptors (Lipinski definition) is 5. The zero-order valence-electron chi connectivity index (χ0n) is 12.9. The number of hydrogen-bond donors (Lipinski definition) is 2. The molecule has 5 nitrogen and oxygen atoms in total. The van der Waals surface area contributed by atoms with E-state index >= 15 is 0 Å². The van der Waals surface area contributed by atoms with Crippen molar-refractivity contribution in [1.29, 1.82) is 0 Å². The Bertz CT molecular complexity index is 440. The molecule has 1 aromatic rings. The summed E-state index contributed by atoms with van der Waals surface area (Å²) in [5, 5.41) is 0. The first kappa shape index (κ1) is 15.0. The lowest BCUT2D eigenvalue weighted by Crippen LogP contribution is -2.35. The quantitative estimate of drug-likeness (QED) is 0.618. The van der Waals surface area contributed by atoms with Crippen molar-refractivity contribution in [3.8, 4) is 0 Å². The van der Waals surface area contributed by atoms with E-state index in [0.29, 0.717) is 6.04 Å². The van der Waals surface area contributed by atoms with Gasteiger partial charge in [0, 0.05) is 24.6 Å². The topological polar surface area (TPSA) is 67.1 Å². The monoisotopic (exact) mass is 277 g/mol. The summed E-state index contributed by atoms with van der Waals surface area (Å²) in [6, 6.07) is 0.619. The molecule has 2 rings (SSSR count). The van der Waals surface area contributed by atoms with Gasteiger partial charge in [-0.3, -0.25) is 0 Å². The molecule has 0 atom stereocenters. The van der Waals surface area contributed by atoms with E-state index in [1.807, 2.05) is 0 Å². The Labute approximate surface area is 121 Å². The summed E-state index contributed by atoms with van der Waals surface area (Å²) in [4.78, 5) is 11.8. The molecule has 0 spiro atoms. The van der Waals surface area contributed by atoms with E-state index in [-0.39, 0.29) is 0 Å². The zero-order chi connectivity index (χ0) is 14.5. The van der Waals surface area contributed by atoms with Crippen LogP contribution < -0.4 is 16.2 Å². The number of nitrogens with zero attached hydrogens (tertiary/aromatic N) is 3. The second-order valence-corrected chi connectivity index (χ2v) is 5.56. The van der Waals surface area contributed by atoms with Gasteiger partial charge in [-0.15, -0.1) is 0 Å². The van der Waals surface area contributed by atoms with Crippen LogP contribution in [0.5, 0.6) is 0 Å². The molecule has 3 N–H and O–H groups in total. The highest BCUT2D eigenvalue weighted by Gasteiger charge is 2.25. The van der Waals surface area contributed by atoms with Crippen LogP contribution in [0, 0.1) is 6.92 Å². The molecule has 1 aliphatic rings. The highest BCUT2D eigenvalue weighted by atomic mass is 15.3. The fourth-order valence-corrected chi connectivity index (χ4v) is 3.10. The van der Waals surface area contributed by atoms with Gasteiger partial charge in [0.2, 0.25) is 0 Å². The van der Waals surface area contributed by atoms with Gasteiger partial charge in [-0.1, -0.05) is 19.8 Å². The molecule has 1 aromatic heterocycles. The van der Waals surface area contributed by atoms with E-state index in [4.69, 9.17) is 10.8 Å². The SMILES string of the molecule is CCCc1nc(NN)c(C)c(N(CC)C2CCCC2)n1. The first-order valence-corrected chi connectivity index (χ1v) is 7.82. The summed E-state index contributed by atoms with van der Waals surface area (Å²) in [5.41, 5.74) is 3.78. The predicted octanol–water partition coefficient (Wildman–Crippen LogP) is 2.79. The van der Waals surface area contributed by atoms with Crippen LogP contribution in [0.2, 0.25) is 0 Å². The Kier molecular flexibility index (Phi) is 5.17. The smallest absolute Gasteiger partial charge is 0.148 e. The maximum atomic E-state index is 5.62. The number of rotatable bonds is 6. The number of nitrogen functional groups attached to an aromatic ring is 1. The van der Waals surface area contributed by atoms with Crippen LogP contribution in [-0.2, 0) is 6.42 Å². The summed E-state index contributed by atoms with van der Waals surface area (Å²) in [5.74, 6) is 8.33. The number of nitrogens with two attached hydrogens (primary N) is 1. The average Bonchev–Trinajstić information content (AvgIpc) is 2.97. The zero-order valence-corrected chi connectivity index (χ0v) is 12.9. The third kappa shape index (κ3) is 3.03. The van der Waals surface area contributed by atoms with Crippen LogP contribution in [0.4, 0.5) is 11.6 Å². The minimum Gasteiger partial charge on any atom is -0.354 e. The van der Waals surface area contributed by atoms with Crippen molar-refractivity contribution in [2.24, 2.45) is 5.84 Å².